The highest BCUT2D eigenvalue weighted by Gasteiger charge is 2.44. The molecule has 0 aromatic carbocycles. The first-order valence-corrected chi connectivity index (χ1v) is 4.92. The van der Waals surface area contributed by atoms with E-state index < -0.39 is 5.79 Å². The summed E-state index contributed by atoms with van der Waals surface area (Å²) in [7, 11) is 0. The van der Waals surface area contributed by atoms with Gasteiger partial charge in [-0.05, 0) is 39.0 Å². The minimum Gasteiger partial charge on any atom is -0.396 e. The lowest BCUT2D eigenvalue weighted by Crippen LogP contribution is -2.32. The Kier molecular flexibility index (Phi) is 2.04. The zero-order valence-corrected chi connectivity index (χ0v) is 8.19. The van der Waals surface area contributed by atoms with Crippen molar-refractivity contribution in [2.45, 2.75) is 51.1 Å². The van der Waals surface area contributed by atoms with E-state index in [1.54, 1.807) is 0 Å². The van der Waals surface area contributed by atoms with E-state index in [0.29, 0.717) is 0 Å². The maximum absolute atomic E-state index is 9.10. The first kappa shape index (κ1) is 8.21. The number of fused-ring (bicyclic) bond motifs is 1. The fourth-order valence-electron chi connectivity index (χ4n) is 2.14. The van der Waals surface area contributed by atoms with Gasteiger partial charge in [-0.1, -0.05) is 0 Å². The summed E-state index contributed by atoms with van der Waals surface area (Å²) in [6.45, 7) is 3.85. The van der Waals surface area contributed by atoms with Gasteiger partial charge in [0.25, 0.3) is 0 Å². The molecule has 2 rings (SSSR count). The fraction of sp³-hybridized carbons (Fsp3) is 1.00. The zero-order chi connectivity index (χ0) is 10.3. The van der Waals surface area contributed by atoms with Crippen molar-refractivity contribution in [2.75, 3.05) is 6.61 Å². The van der Waals surface area contributed by atoms with Gasteiger partial charge in [-0.15, -0.1) is 0 Å². The fourth-order valence-corrected chi connectivity index (χ4v) is 2.14. The molecule has 4 atom stereocenters. The van der Waals surface area contributed by atoms with Crippen molar-refractivity contribution >= 4 is 0 Å². The van der Waals surface area contributed by atoms with Gasteiger partial charge in [-0.3, -0.25) is 0 Å². The maximum Gasteiger partial charge on any atom is 0.163 e. The normalized spacial score (nSPS) is 49.9. The molecule has 1 N–H and O–H groups in total. The van der Waals surface area contributed by atoms with Crippen LogP contribution in [0.15, 0.2) is 0 Å². The van der Waals surface area contributed by atoms with Gasteiger partial charge < -0.3 is 14.6 Å². The summed E-state index contributed by atoms with van der Waals surface area (Å²) < 4.78 is 19.3. The second-order valence-corrected chi connectivity index (χ2v) is 4.35. The monoisotopic (exact) mass is 187 g/mol. The van der Waals surface area contributed by atoms with Gasteiger partial charge in [-0.25, -0.2) is 0 Å². The molecule has 2 fully saturated rings. The minimum atomic E-state index is -0.557. The third-order valence-corrected chi connectivity index (χ3v) is 2.74. The van der Waals surface area contributed by atoms with Gasteiger partial charge >= 0.3 is 0 Å². The van der Waals surface area contributed by atoms with Crippen molar-refractivity contribution in [1.82, 2.24) is 0 Å². The number of hydrogen-bond acceptors (Lipinski definition) is 3. The number of ether oxygens (including phenoxy) is 2. The van der Waals surface area contributed by atoms with Gasteiger partial charge in [0, 0.05) is 7.98 Å². The van der Waals surface area contributed by atoms with Crippen LogP contribution in [0, 0.1) is 5.92 Å². The lowest BCUT2D eigenvalue weighted by Gasteiger charge is -2.27. The summed E-state index contributed by atoms with van der Waals surface area (Å²) in [6, 6.07) is 0. The van der Waals surface area contributed by atoms with E-state index >= 15 is 0 Å². The number of rotatable bonds is 1. The zero-order valence-electron chi connectivity index (χ0n) is 9.19. The van der Waals surface area contributed by atoms with Crippen molar-refractivity contribution in [2.24, 2.45) is 5.92 Å². The molecule has 1 saturated heterocycles. The third-order valence-electron chi connectivity index (χ3n) is 2.74. The summed E-state index contributed by atoms with van der Waals surface area (Å²) in [5.41, 5.74) is 0. The van der Waals surface area contributed by atoms with Crippen LogP contribution in [0.4, 0.5) is 0 Å². The number of hydrogen-bond donors (Lipinski definition) is 1. The summed E-state index contributed by atoms with van der Waals surface area (Å²) in [5, 5.41) is 9.10. The highest BCUT2D eigenvalue weighted by Crippen LogP contribution is 2.38. The topological polar surface area (TPSA) is 38.7 Å². The summed E-state index contributed by atoms with van der Waals surface area (Å²) in [5.74, 6) is -0.507. The summed E-state index contributed by atoms with van der Waals surface area (Å²) in [4.78, 5) is 0. The average Bonchev–Trinajstić information content (AvgIpc) is 2.42. The standard InChI is InChI=1S/C10H18O3/c1-10(2)12-8-4-3-7(6-11)5-9(8)13-10/h7-9,11H,3-6H2,1-2H3/t7?,8-,9+/m0/s1/i5D/t5-,7?,8-,9+. The molecule has 13 heavy (non-hydrogen) atoms. The molecule has 76 valence electrons. The van der Waals surface area contributed by atoms with E-state index in [1.807, 2.05) is 13.8 Å². The van der Waals surface area contributed by atoms with E-state index in [9.17, 15) is 0 Å². The van der Waals surface area contributed by atoms with Crippen LogP contribution in [0.1, 0.15) is 34.5 Å². The molecule has 1 saturated carbocycles. The second-order valence-electron chi connectivity index (χ2n) is 4.35. The van der Waals surface area contributed by atoms with Crippen LogP contribution in [0.3, 0.4) is 0 Å². The van der Waals surface area contributed by atoms with Crippen LogP contribution in [0.25, 0.3) is 0 Å². The highest BCUT2D eigenvalue weighted by molar-refractivity contribution is 4.87. The van der Waals surface area contributed by atoms with E-state index in [2.05, 4.69) is 0 Å². The van der Waals surface area contributed by atoms with Gasteiger partial charge in [0.1, 0.15) is 0 Å². The lowest BCUT2D eigenvalue weighted by atomic mass is 9.86. The quantitative estimate of drug-likeness (QED) is 0.672. The molecule has 3 nitrogen and oxygen atoms in total. The molecule has 0 radical (unpaired) electrons. The van der Waals surface area contributed by atoms with Crippen molar-refractivity contribution in [3.63, 3.8) is 0 Å². The van der Waals surface area contributed by atoms with Crippen molar-refractivity contribution in [3.8, 4) is 0 Å². The van der Waals surface area contributed by atoms with Gasteiger partial charge in [0.15, 0.2) is 5.79 Å². The van der Waals surface area contributed by atoms with Crippen molar-refractivity contribution in [1.29, 1.82) is 0 Å². The van der Waals surface area contributed by atoms with E-state index in [1.165, 1.54) is 0 Å². The van der Waals surface area contributed by atoms with Gasteiger partial charge in [0.2, 0.25) is 0 Å². The van der Waals surface area contributed by atoms with Crippen LogP contribution in [-0.2, 0) is 9.47 Å². The van der Waals surface area contributed by atoms with E-state index in [-0.39, 0.29) is 31.1 Å². The third kappa shape index (κ3) is 1.87. The highest BCUT2D eigenvalue weighted by atomic mass is 16.7. The molecule has 0 aromatic rings. The molecule has 1 aliphatic heterocycles. The van der Waals surface area contributed by atoms with Crippen LogP contribution >= 0.6 is 0 Å². The van der Waals surface area contributed by atoms with E-state index in [4.69, 9.17) is 16.0 Å². The molecule has 0 bridgehead atoms. The van der Waals surface area contributed by atoms with E-state index in [0.717, 1.165) is 12.8 Å². The van der Waals surface area contributed by atoms with Crippen molar-refractivity contribution < 1.29 is 16.0 Å². The molecule has 0 spiro atoms. The SMILES string of the molecule is [2H][C@H]1C(CO)CC[C@@H]2OC(C)(C)O[C@@H]21. The van der Waals surface area contributed by atoms with Crippen molar-refractivity contribution in [3.05, 3.63) is 0 Å². The molecule has 1 heterocycles. The molecule has 0 aromatic heterocycles. The Labute approximate surface area is 80.4 Å². The van der Waals surface area contributed by atoms with Crippen LogP contribution in [0.5, 0.6) is 0 Å². The first-order chi connectivity index (χ1) is 6.53. The Morgan fingerprint density at radius 3 is 2.77 bits per heavy atom. The Hall–Kier alpha value is -0.120. The molecule has 1 unspecified atom stereocenters. The van der Waals surface area contributed by atoms with Gasteiger partial charge in [0.05, 0.1) is 12.2 Å². The molecule has 1 aliphatic carbocycles. The molecule has 2 aliphatic rings. The van der Waals surface area contributed by atoms with Crippen LogP contribution in [0.2, 0.25) is 0 Å². The summed E-state index contributed by atoms with van der Waals surface area (Å²) >= 11 is 0. The maximum atomic E-state index is 9.10. The van der Waals surface area contributed by atoms with Crippen LogP contribution in [-0.4, -0.2) is 29.7 Å². The average molecular weight is 187 g/mol. The molecular formula is C10H18O3. The van der Waals surface area contributed by atoms with Crippen LogP contribution < -0.4 is 0 Å². The first-order valence-electron chi connectivity index (χ1n) is 5.50. The van der Waals surface area contributed by atoms with Gasteiger partial charge in [-0.2, -0.15) is 0 Å². The smallest absolute Gasteiger partial charge is 0.163 e. The Morgan fingerprint density at radius 2 is 2.08 bits per heavy atom. The number of aliphatic hydroxyl groups excluding tert-OH is 1. The Bertz CT molecular complexity index is 219. The predicted molar refractivity (Wildman–Crippen MR) is 48.3 cm³/mol. The summed E-state index contributed by atoms with van der Waals surface area (Å²) in [6.07, 6.45) is 1.31. The molecular weight excluding hydrogens is 168 g/mol. The largest absolute Gasteiger partial charge is 0.396 e. The molecule has 0 amide bonds. The minimum absolute atomic E-state index is 0.0498. The number of aliphatic hydroxyl groups is 1. The Morgan fingerprint density at radius 1 is 1.38 bits per heavy atom. The predicted octanol–water partition coefficient (Wildman–Crippen LogP) is 1.30. The Balaban J connectivity index is 2.08. The lowest BCUT2D eigenvalue weighted by molar-refractivity contribution is -0.145. The second kappa shape index (κ2) is 3.23. The molecule has 3 heteroatoms.